The first-order valence-corrected chi connectivity index (χ1v) is 5.24. The Labute approximate surface area is 99.3 Å². The van der Waals surface area contributed by atoms with Crippen LogP contribution in [-0.4, -0.2) is 15.6 Å². The number of hydrogen-bond acceptors (Lipinski definition) is 2. The van der Waals surface area contributed by atoms with Gasteiger partial charge in [0.05, 0.1) is 12.0 Å². The number of aryl methyl sites for hydroxylation is 2. The van der Waals surface area contributed by atoms with Gasteiger partial charge in [-0.1, -0.05) is 0 Å². The van der Waals surface area contributed by atoms with Crippen molar-refractivity contribution in [2.45, 2.75) is 13.8 Å². The van der Waals surface area contributed by atoms with Crippen LogP contribution in [0.2, 0.25) is 0 Å². The van der Waals surface area contributed by atoms with Gasteiger partial charge in [0, 0.05) is 17.6 Å². The lowest BCUT2D eigenvalue weighted by Gasteiger charge is -2.08. The van der Waals surface area contributed by atoms with E-state index in [9.17, 15) is 4.79 Å². The van der Waals surface area contributed by atoms with Crippen LogP contribution in [0.3, 0.4) is 0 Å². The van der Waals surface area contributed by atoms with E-state index in [1.54, 1.807) is 6.33 Å². The third-order valence-electron chi connectivity index (χ3n) is 2.34. The van der Waals surface area contributed by atoms with Crippen LogP contribution in [0.5, 0.6) is 0 Å². The maximum absolute atomic E-state index is 10.8. The Bertz CT molecular complexity index is 559. The molecule has 0 radical (unpaired) electrons. The fourth-order valence-electron chi connectivity index (χ4n) is 1.69. The van der Waals surface area contributed by atoms with Crippen molar-refractivity contribution < 1.29 is 4.79 Å². The second kappa shape index (κ2) is 4.29. The molecule has 1 aromatic heterocycles. The van der Waals surface area contributed by atoms with Gasteiger partial charge in [0.1, 0.15) is 0 Å². The predicted octanol–water partition coefficient (Wildman–Crippen LogP) is 1.98. The number of amides is 2. The van der Waals surface area contributed by atoms with Crippen molar-refractivity contribution in [2.24, 2.45) is 5.73 Å². The van der Waals surface area contributed by atoms with Crippen LogP contribution in [-0.2, 0) is 0 Å². The van der Waals surface area contributed by atoms with Crippen LogP contribution >= 0.6 is 0 Å². The van der Waals surface area contributed by atoms with Gasteiger partial charge in [0.15, 0.2) is 0 Å². The molecule has 0 atom stereocenters. The summed E-state index contributed by atoms with van der Waals surface area (Å²) < 4.78 is 1.90. The SMILES string of the molecule is Cc1cc(NC(N)=O)cc(-n2cnc(C)c2)c1. The first-order valence-electron chi connectivity index (χ1n) is 5.24. The minimum absolute atomic E-state index is 0.566. The number of aromatic nitrogens is 2. The van der Waals surface area contributed by atoms with Crippen molar-refractivity contribution in [3.8, 4) is 5.69 Å². The maximum Gasteiger partial charge on any atom is 0.316 e. The van der Waals surface area contributed by atoms with E-state index in [4.69, 9.17) is 5.73 Å². The Balaban J connectivity index is 2.41. The monoisotopic (exact) mass is 230 g/mol. The molecule has 0 bridgehead atoms. The molecule has 0 aliphatic rings. The molecule has 3 N–H and O–H groups in total. The van der Waals surface area contributed by atoms with E-state index in [2.05, 4.69) is 10.3 Å². The molecule has 5 heteroatoms. The number of urea groups is 1. The Morgan fingerprint density at radius 3 is 2.71 bits per heavy atom. The highest BCUT2D eigenvalue weighted by Crippen LogP contribution is 2.18. The van der Waals surface area contributed by atoms with Gasteiger partial charge in [-0.15, -0.1) is 0 Å². The minimum Gasteiger partial charge on any atom is -0.351 e. The summed E-state index contributed by atoms with van der Waals surface area (Å²) in [5, 5.41) is 2.57. The van der Waals surface area contributed by atoms with Crippen molar-refractivity contribution >= 4 is 11.7 Å². The second-order valence-electron chi connectivity index (χ2n) is 3.97. The lowest BCUT2D eigenvalue weighted by atomic mass is 10.2. The fraction of sp³-hybridized carbons (Fsp3) is 0.167. The van der Waals surface area contributed by atoms with Crippen LogP contribution in [0.1, 0.15) is 11.3 Å². The third-order valence-corrected chi connectivity index (χ3v) is 2.34. The number of nitrogens with one attached hydrogen (secondary N) is 1. The number of rotatable bonds is 2. The molecule has 0 saturated carbocycles. The van der Waals surface area contributed by atoms with Gasteiger partial charge >= 0.3 is 6.03 Å². The van der Waals surface area contributed by atoms with Gasteiger partial charge in [-0.25, -0.2) is 9.78 Å². The molecule has 0 fully saturated rings. The molecule has 5 nitrogen and oxygen atoms in total. The summed E-state index contributed by atoms with van der Waals surface area (Å²) in [4.78, 5) is 15.0. The summed E-state index contributed by atoms with van der Waals surface area (Å²) in [5.41, 5.74) is 8.70. The first-order chi connectivity index (χ1) is 8.04. The Morgan fingerprint density at radius 1 is 1.35 bits per heavy atom. The quantitative estimate of drug-likeness (QED) is 0.827. The number of hydrogen-bond donors (Lipinski definition) is 2. The number of nitrogens with zero attached hydrogens (tertiary/aromatic N) is 2. The number of benzene rings is 1. The van der Waals surface area contributed by atoms with Crippen molar-refractivity contribution in [3.63, 3.8) is 0 Å². The van der Waals surface area contributed by atoms with E-state index >= 15 is 0 Å². The molecular weight excluding hydrogens is 216 g/mol. The van der Waals surface area contributed by atoms with E-state index in [-0.39, 0.29) is 0 Å². The summed E-state index contributed by atoms with van der Waals surface area (Å²) in [6.07, 6.45) is 3.65. The second-order valence-corrected chi connectivity index (χ2v) is 3.97. The standard InChI is InChI=1S/C12H14N4O/c1-8-3-10(15-12(13)17)5-11(4-8)16-6-9(2)14-7-16/h3-7H,1-2H3,(H3,13,15,17). The van der Waals surface area contributed by atoms with E-state index in [1.807, 2.05) is 42.8 Å². The normalized spacial score (nSPS) is 10.2. The molecule has 2 rings (SSSR count). The Morgan fingerprint density at radius 2 is 2.12 bits per heavy atom. The van der Waals surface area contributed by atoms with E-state index < -0.39 is 6.03 Å². The fourth-order valence-corrected chi connectivity index (χ4v) is 1.69. The number of imidazole rings is 1. The molecule has 2 amide bonds. The molecule has 0 unspecified atom stereocenters. The number of anilines is 1. The molecule has 17 heavy (non-hydrogen) atoms. The molecular formula is C12H14N4O. The Kier molecular flexibility index (Phi) is 2.82. The summed E-state index contributed by atoms with van der Waals surface area (Å²) in [6, 6.07) is 5.15. The highest BCUT2D eigenvalue weighted by molar-refractivity contribution is 5.88. The number of primary amides is 1. The minimum atomic E-state index is -0.566. The van der Waals surface area contributed by atoms with Gasteiger partial charge in [0.2, 0.25) is 0 Å². The molecule has 0 aliphatic heterocycles. The number of carbonyl (C=O) groups excluding carboxylic acids is 1. The largest absolute Gasteiger partial charge is 0.351 e. The maximum atomic E-state index is 10.8. The third kappa shape index (κ3) is 2.63. The molecule has 88 valence electrons. The number of carbonyl (C=O) groups is 1. The van der Waals surface area contributed by atoms with Crippen LogP contribution in [0.15, 0.2) is 30.7 Å². The summed E-state index contributed by atoms with van der Waals surface area (Å²) >= 11 is 0. The zero-order chi connectivity index (χ0) is 12.4. The van der Waals surface area contributed by atoms with Crippen LogP contribution in [0.4, 0.5) is 10.5 Å². The average Bonchev–Trinajstić information content (AvgIpc) is 2.62. The molecule has 2 aromatic rings. The highest BCUT2D eigenvalue weighted by atomic mass is 16.2. The molecule has 0 saturated heterocycles. The van der Waals surface area contributed by atoms with E-state index in [1.165, 1.54) is 0 Å². The van der Waals surface area contributed by atoms with Gasteiger partial charge < -0.3 is 15.6 Å². The zero-order valence-electron chi connectivity index (χ0n) is 9.77. The van der Waals surface area contributed by atoms with Gasteiger partial charge in [-0.2, -0.15) is 0 Å². The molecule has 0 aliphatic carbocycles. The summed E-state index contributed by atoms with van der Waals surface area (Å²) in [6.45, 7) is 3.88. The lowest BCUT2D eigenvalue weighted by Crippen LogP contribution is -2.19. The van der Waals surface area contributed by atoms with Crippen molar-refractivity contribution in [3.05, 3.63) is 42.0 Å². The van der Waals surface area contributed by atoms with Crippen molar-refractivity contribution in [2.75, 3.05) is 5.32 Å². The first kappa shape index (κ1) is 11.2. The average molecular weight is 230 g/mol. The topological polar surface area (TPSA) is 72.9 Å². The van der Waals surface area contributed by atoms with Crippen molar-refractivity contribution in [1.82, 2.24) is 9.55 Å². The molecule has 1 heterocycles. The van der Waals surface area contributed by atoms with E-state index in [0.29, 0.717) is 5.69 Å². The van der Waals surface area contributed by atoms with Gasteiger partial charge in [-0.05, 0) is 37.6 Å². The van der Waals surface area contributed by atoms with Crippen LogP contribution < -0.4 is 11.1 Å². The smallest absolute Gasteiger partial charge is 0.316 e. The Hall–Kier alpha value is -2.30. The van der Waals surface area contributed by atoms with Crippen LogP contribution in [0, 0.1) is 13.8 Å². The van der Waals surface area contributed by atoms with Gasteiger partial charge in [0.25, 0.3) is 0 Å². The van der Waals surface area contributed by atoms with Crippen LogP contribution in [0.25, 0.3) is 5.69 Å². The number of nitrogens with two attached hydrogens (primary N) is 1. The lowest BCUT2D eigenvalue weighted by molar-refractivity contribution is 0.259. The predicted molar refractivity (Wildman–Crippen MR) is 66.2 cm³/mol. The summed E-state index contributed by atoms with van der Waals surface area (Å²) in [5.74, 6) is 0. The van der Waals surface area contributed by atoms with Gasteiger partial charge in [-0.3, -0.25) is 0 Å². The van der Waals surface area contributed by atoms with E-state index in [0.717, 1.165) is 16.9 Å². The molecule has 0 spiro atoms. The van der Waals surface area contributed by atoms with Crippen molar-refractivity contribution in [1.29, 1.82) is 0 Å². The molecule has 1 aromatic carbocycles. The zero-order valence-corrected chi connectivity index (χ0v) is 9.77. The summed E-state index contributed by atoms with van der Waals surface area (Å²) in [7, 11) is 0. The highest BCUT2D eigenvalue weighted by Gasteiger charge is 2.03.